The Kier molecular flexibility index (Phi) is 9.80. The third kappa shape index (κ3) is 7.47. The molecule has 0 saturated carbocycles. The van der Waals surface area contributed by atoms with Crippen LogP contribution in [0.1, 0.15) is 46.6 Å². The Bertz CT molecular complexity index is 891. The molecule has 2 aliphatic heterocycles. The number of carbonyl (C=O) groups excluding carboxylic acids is 3. The first-order valence-corrected chi connectivity index (χ1v) is 11.9. The lowest BCUT2D eigenvalue weighted by Gasteiger charge is -2.46. The lowest BCUT2D eigenvalue weighted by Crippen LogP contribution is -2.63. The van der Waals surface area contributed by atoms with Crippen LogP contribution in [0.4, 0.5) is 0 Å². The minimum Gasteiger partial charge on any atom is -0.456 e. The molecule has 0 aromatic heterocycles. The molecule has 36 heavy (non-hydrogen) atoms. The smallest absolute Gasteiger partial charge is 0.303 e. The van der Waals surface area contributed by atoms with Crippen LogP contribution < -0.4 is 0 Å². The average Bonchev–Trinajstić information content (AvgIpc) is 2.78. The van der Waals surface area contributed by atoms with Crippen molar-refractivity contribution < 1.29 is 52.6 Å². The third-order valence-corrected chi connectivity index (χ3v) is 5.81. The Morgan fingerprint density at radius 3 is 2.06 bits per heavy atom. The number of hydrogen-bond donors (Lipinski definition) is 1. The molecule has 2 aliphatic rings. The van der Waals surface area contributed by atoms with Gasteiger partial charge in [-0.15, -0.1) is 0 Å². The minimum absolute atomic E-state index is 0.195. The van der Waals surface area contributed by atoms with Gasteiger partial charge in [-0.25, -0.2) is 0 Å². The minimum atomic E-state index is -1.28. The fraction of sp³-hybridized carbons (Fsp3) is 0.640. The van der Waals surface area contributed by atoms with Crippen LogP contribution in [0.2, 0.25) is 0 Å². The summed E-state index contributed by atoms with van der Waals surface area (Å²) < 4.78 is 39.9. The molecule has 2 saturated heterocycles. The standard InChI is InChI=1S/C25H34O11/c1-13-11-19(21(24(29)31-13)30-12-18-9-7-6-8-10-18)36-25-23(35-17(5)28)22(34-16(4)27)20(14(2)32-25)33-15(3)26/h6-10,13-14,19-25,29H,11-12H2,1-5H3. The molecule has 1 aromatic carbocycles. The number of carbonyl (C=O) groups is 3. The topological polar surface area (TPSA) is 136 Å². The molecule has 1 N–H and O–H groups in total. The number of aliphatic hydroxyl groups excluding tert-OH is 1. The van der Waals surface area contributed by atoms with Gasteiger partial charge in [0.1, 0.15) is 6.10 Å². The summed E-state index contributed by atoms with van der Waals surface area (Å²) in [5.74, 6) is -1.96. The molecule has 0 spiro atoms. The summed E-state index contributed by atoms with van der Waals surface area (Å²) in [6.07, 6.45) is -8.41. The summed E-state index contributed by atoms with van der Waals surface area (Å²) in [5.41, 5.74) is 0.890. The molecular formula is C25H34O11. The number of rotatable bonds is 8. The summed E-state index contributed by atoms with van der Waals surface area (Å²) in [6, 6.07) is 9.40. The Morgan fingerprint density at radius 2 is 1.44 bits per heavy atom. The molecule has 0 amide bonds. The van der Waals surface area contributed by atoms with Crippen LogP contribution in [0.25, 0.3) is 0 Å². The molecule has 200 valence electrons. The number of hydrogen-bond acceptors (Lipinski definition) is 11. The summed E-state index contributed by atoms with van der Waals surface area (Å²) in [7, 11) is 0. The van der Waals surface area contributed by atoms with Crippen molar-refractivity contribution >= 4 is 17.9 Å². The van der Waals surface area contributed by atoms with E-state index in [1.54, 1.807) is 13.8 Å². The molecule has 1 aromatic rings. The van der Waals surface area contributed by atoms with Crippen LogP contribution in [-0.4, -0.2) is 78.3 Å². The van der Waals surface area contributed by atoms with Crippen molar-refractivity contribution in [1.82, 2.24) is 0 Å². The highest BCUT2D eigenvalue weighted by atomic mass is 16.7. The van der Waals surface area contributed by atoms with Gasteiger partial charge in [0, 0.05) is 27.2 Å². The quantitative estimate of drug-likeness (QED) is 0.404. The number of esters is 3. The highest BCUT2D eigenvalue weighted by molar-refractivity contribution is 5.68. The molecule has 9 atom stereocenters. The van der Waals surface area contributed by atoms with Gasteiger partial charge in [0.25, 0.3) is 0 Å². The average molecular weight is 511 g/mol. The SMILES string of the molecule is CC(=O)OC1C(C)OC(OC2CC(C)OC(O)C2OCc2ccccc2)C(OC(C)=O)C1OC(C)=O. The molecule has 0 radical (unpaired) electrons. The zero-order valence-electron chi connectivity index (χ0n) is 21.0. The first-order chi connectivity index (χ1) is 17.0. The van der Waals surface area contributed by atoms with Crippen LogP contribution in [0.15, 0.2) is 30.3 Å². The van der Waals surface area contributed by atoms with Gasteiger partial charge in [-0.05, 0) is 19.4 Å². The van der Waals surface area contributed by atoms with Crippen LogP contribution in [0.3, 0.4) is 0 Å². The Hall–Kier alpha value is -2.57. The molecule has 3 rings (SSSR count). The van der Waals surface area contributed by atoms with E-state index < -0.39 is 67.1 Å². The summed E-state index contributed by atoms with van der Waals surface area (Å²) in [4.78, 5) is 35.5. The fourth-order valence-corrected chi connectivity index (χ4v) is 4.36. The van der Waals surface area contributed by atoms with Gasteiger partial charge >= 0.3 is 17.9 Å². The Balaban J connectivity index is 1.84. The van der Waals surface area contributed by atoms with Gasteiger partial charge in [-0.1, -0.05) is 30.3 Å². The fourth-order valence-electron chi connectivity index (χ4n) is 4.36. The second-order valence-corrected chi connectivity index (χ2v) is 8.94. The van der Waals surface area contributed by atoms with E-state index in [9.17, 15) is 19.5 Å². The van der Waals surface area contributed by atoms with E-state index in [-0.39, 0.29) is 12.7 Å². The van der Waals surface area contributed by atoms with Crippen molar-refractivity contribution in [2.24, 2.45) is 0 Å². The maximum absolute atomic E-state index is 12.0. The van der Waals surface area contributed by atoms with Crippen molar-refractivity contribution in [2.45, 2.75) is 103 Å². The van der Waals surface area contributed by atoms with E-state index in [4.69, 9.17) is 33.2 Å². The molecule has 9 unspecified atom stereocenters. The van der Waals surface area contributed by atoms with E-state index in [1.807, 2.05) is 30.3 Å². The largest absolute Gasteiger partial charge is 0.456 e. The lowest BCUT2D eigenvalue weighted by molar-refractivity contribution is -0.339. The van der Waals surface area contributed by atoms with Gasteiger partial charge in [-0.2, -0.15) is 0 Å². The van der Waals surface area contributed by atoms with Crippen molar-refractivity contribution in [3.05, 3.63) is 35.9 Å². The molecule has 11 heteroatoms. The van der Waals surface area contributed by atoms with E-state index in [0.717, 1.165) is 5.56 Å². The third-order valence-electron chi connectivity index (χ3n) is 5.81. The maximum Gasteiger partial charge on any atom is 0.303 e. The van der Waals surface area contributed by atoms with Crippen LogP contribution in [-0.2, 0) is 54.1 Å². The second-order valence-electron chi connectivity index (χ2n) is 8.94. The zero-order chi connectivity index (χ0) is 26.4. The first kappa shape index (κ1) is 28.0. The van der Waals surface area contributed by atoms with Crippen LogP contribution in [0.5, 0.6) is 0 Å². The molecule has 2 fully saturated rings. The van der Waals surface area contributed by atoms with Gasteiger partial charge in [0.05, 0.1) is 24.9 Å². The normalized spacial score (nSPS) is 34.4. The highest BCUT2D eigenvalue weighted by Gasteiger charge is 2.52. The monoisotopic (exact) mass is 510 g/mol. The number of benzene rings is 1. The predicted octanol–water partition coefficient (Wildman–Crippen LogP) is 1.62. The van der Waals surface area contributed by atoms with Gasteiger partial charge in [-0.3, -0.25) is 14.4 Å². The second kappa shape index (κ2) is 12.6. The molecular weight excluding hydrogens is 476 g/mol. The predicted molar refractivity (Wildman–Crippen MR) is 122 cm³/mol. The van der Waals surface area contributed by atoms with Crippen molar-refractivity contribution in [2.75, 3.05) is 0 Å². The van der Waals surface area contributed by atoms with Gasteiger partial charge in [0.15, 0.2) is 30.9 Å². The molecule has 11 nitrogen and oxygen atoms in total. The van der Waals surface area contributed by atoms with E-state index in [1.165, 1.54) is 20.8 Å². The lowest BCUT2D eigenvalue weighted by atomic mass is 9.98. The van der Waals surface area contributed by atoms with E-state index in [0.29, 0.717) is 6.42 Å². The summed E-state index contributed by atoms with van der Waals surface area (Å²) in [5, 5.41) is 10.6. The van der Waals surface area contributed by atoms with Crippen molar-refractivity contribution in [3.63, 3.8) is 0 Å². The summed E-state index contributed by atoms with van der Waals surface area (Å²) >= 11 is 0. The number of ether oxygens (including phenoxy) is 7. The van der Waals surface area contributed by atoms with Crippen molar-refractivity contribution in [1.29, 1.82) is 0 Å². The summed E-state index contributed by atoms with van der Waals surface area (Å²) in [6.45, 7) is 7.18. The van der Waals surface area contributed by atoms with Crippen molar-refractivity contribution in [3.8, 4) is 0 Å². The van der Waals surface area contributed by atoms with Crippen LogP contribution >= 0.6 is 0 Å². The first-order valence-electron chi connectivity index (χ1n) is 11.9. The van der Waals surface area contributed by atoms with E-state index >= 15 is 0 Å². The van der Waals surface area contributed by atoms with Gasteiger partial charge in [0.2, 0.25) is 0 Å². The highest BCUT2D eigenvalue weighted by Crippen LogP contribution is 2.33. The Labute approximate surface area is 209 Å². The molecule has 0 bridgehead atoms. The van der Waals surface area contributed by atoms with Crippen LogP contribution in [0, 0.1) is 0 Å². The zero-order valence-corrected chi connectivity index (χ0v) is 21.0. The Morgan fingerprint density at radius 1 is 0.861 bits per heavy atom. The molecule has 2 heterocycles. The van der Waals surface area contributed by atoms with Gasteiger partial charge < -0.3 is 38.3 Å². The number of aliphatic hydroxyl groups is 1. The van der Waals surface area contributed by atoms with E-state index in [2.05, 4.69) is 0 Å². The maximum atomic E-state index is 12.0. The molecule has 0 aliphatic carbocycles.